The molecule has 0 unspecified atom stereocenters. The summed E-state index contributed by atoms with van der Waals surface area (Å²) < 4.78 is 76.2. The van der Waals surface area contributed by atoms with E-state index in [1.54, 1.807) is 168 Å². The van der Waals surface area contributed by atoms with E-state index < -0.39 is 34.4 Å². The van der Waals surface area contributed by atoms with Crippen molar-refractivity contribution >= 4 is 81.4 Å². The lowest BCUT2D eigenvalue weighted by molar-refractivity contribution is -0.139. The monoisotopic (exact) mass is 1510 g/mol. The second kappa shape index (κ2) is 43.0. The molecule has 25 nitrogen and oxygen atoms in total. The van der Waals surface area contributed by atoms with E-state index in [1.807, 2.05) is 24.3 Å². The average Bonchev–Trinajstić information content (AvgIpc) is 0.783. The van der Waals surface area contributed by atoms with Gasteiger partial charge in [0.25, 0.3) is 0 Å². The van der Waals surface area contributed by atoms with Crippen LogP contribution in [0, 0.1) is 0 Å². The Labute approximate surface area is 631 Å². The third-order valence-electron chi connectivity index (χ3n) is 15.4. The number of phenols is 2. The molecule has 568 valence electrons. The molecule has 0 saturated heterocycles. The highest BCUT2D eigenvalue weighted by molar-refractivity contribution is 6.66. The van der Waals surface area contributed by atoms with Crippen LogP contribution in [0.3, 0.4) is 0 Å². The number of allylic oxidation sites excluding steroid dienone is 3. The van der Waals surface area contributed by atoms with Crippen molar-refractivity contribution in [3.05, 3.63) is 243 Å². The molecule has 5 N–H and O–H groups in total. The van der Waals surface area contributed by atoms with Crippen molar-refractivity contribution in [1.29, 1.82) is 0 Å². The van der Waals surface area contributed by atoms with Gasteiger partial charge in [-0.15, -0.1) is 0 Å². The molecule has 8 aromatic carbocycles. The summed E-state index contributed by atoms with van der Waals surface area (Å²) in [4.78, 5) is 73.5. The summed E-state index contributed by atoms with van der Waals surface area (Å²) in [7, 11) is 6.32. The number of phenolic OH excluding ortho intramolecular Hbond substituents is 2. The van der Waals surface area contributed by atoms with Crippen molar-refractivity contribution in [2.75, 3.05) is 108 Å². The van der Waals surface area contributed by atoms with E-state index in [9.17, 15) is 39.0 Å². The fraction of sp³-hybridized carbons (Fsp3) is 0.205. The predicted octanol–water partition coefficient (Wildman–Crippen LogP) is 11.9. The van der Waals surface area contributed by atoms with Crippen LogP contribution in [0.4, 0.5) is 0 Å². The van der Waals surface area contributed by atoms with Gasteiger partial charge in [0.15, 0.2) is 34.2 Å². The standard InChI is InChI=1S/C52H48O14.C21H22O9.C10H9ClO2/c1-58-41-14-4-35(5-15-41)10-21-49(55)64-27-24-61-44-31-40-30-39(32-45(53)52(40)46(54)34-44)38-13-20-47(62-25-28-65-50(56)22-11-36-6-16-42(59-2)17-7-36)48(33-38)63-26-29-66-51(57)23-12-37-8-18-43(60-3)19-9-37;22-3-6-27-14-10-15(25)21-16(26)12-18(30-20(21)11-14)13-1-2-17(28-7-4-23)19(9-13)29-8-5-24;1-13-9-5-2-8(3-6-9)4-7-10(11)12/h4-23,31-34,54H,24-30H2,1-3H3;1-2,9-12,22-25H,3-8H2;2-7H,1H3/b21-10+,22-11+,23-12+;;7-4+. The van der Waals surface area contributed by atoms with Crippen LogP contribution in [0.25, 0.3) is 52.2 Å². The number of carbonyl (C=O) groups is 5. The first-order valence-corrected chi connectivity index (χ1v) is 34.1. The van der Waals surface area contributed by atoms with Gasteiger partial charge in [0, 0.05) is 48.1 Å². The SMILES string of the molecule is COc1ccc(/C=C/C(=O)Cl)cc1.COc1ccc(/C=C/C(=O)OCCOc2cc(O)c3c(c2)CC(c2ccc(OCCOC(=O)/C=C/c4ccc(OC)cc4)c(OCCOC(=O)/C=C/c4ccc(OC)cc4)c2)=CC3=O)cc1.O=c1cc(-c2ccc(OCCO)c(OCCO)c2)oc2cc(OCCO)cc(O)c12. The van der Waals surface area contributed by atoms with Crippen LogP contribution in [-0.2, 0) is 39.8 Å². The molecule has 0 atom stereocenters. The summed E-state index contributed by atoms with van der Waals surface area (Å²) in [6.07, 6.45) is 13.4. The topological polar surface area (TPSA) is 337 Å². The summed E-state index contributed by atoms with van der Waals surface area (Å²) in [6, 6.07) is 45.7. The highest BCUT2D eigenvalue weighted by Crippen LogP contribution is 2.40. The quantitative estimate of drug-likeness (QED) is 0.00810. The smallest absolute Gasteiger partial charge is 0.330 e. The van der Waals surface area contributed by atoms with Crippen LogP contribution in [0.5, 0.6) is 69.0 Å². The van der Waals surface area contributed by atoms with E-state index in [-0.39, 0.29) is 137 Å². The zero-order valence-corrected chi connectivity index (χ0v) is 60.5. The number of aliphatic hydroxyl groups is 3. The lowest BCUT2D eigenvalue weighted by Gasteiger charge is -2.20. The van der Waals surface area contributed by atoms with Crippen LogP contribution in [0.1, 0.15) is 43.7 Å². The maximum absolute atomic E-state index is 13.4. The first-order valence-electron chi connectivity index (χ1n) is 33.7. The largest absolute Gasteiger partial charge is 0.507 e. The molecule has 26 heteroatoms. The highest BCUT2D eigenvalue weighted by Gasteiger charge is 2.25. The second-order valence-corrected chi connectivity index (χ2v) is 23.2. The maximum Gasteiger partial charge on any atom is 0.330 e. The third kappa shape index (κ3) is 26.0. The molecule has 0 radical (unpaired) electrons. The lowest BCUT2D eigenvalue weighted by Crippen LogP contribution is -2.14. The molecule has 1 aliphatic rings. The number of fused-ring (bicyclic) bond motifs is 2. The third-order valence-corrected chi connectivity index (χ3v) is 15.5. The number of aromatic hydroxyl groups is 2. The Hall–Kier alpha value is -12.8. The fourth-order valence-electron chi connectivity index (χ4n) is 10.2. The van der Waals surface area contributed by atoms with E-state index >= 15 is 0 Å². The predicted molar refractivity (Wildman–Crippen MR) is 406 cm³/mol. The van der Waals surface area contributed by atoms with Gasteiger partial charge in [0.1, 0.15) is 122 Å². The van der Waals surface area contributed by atoms with Gasteiger partial charge in [0.2, 0.25) is 5.24 Å². The molecule has 0 fully saturated rings. The number of hydrogen-bond acceptors (Lipinski definition) is 25. The van der Waals surface area contributed by atoms with Crippen molar-refractivity contribution in [3.63, 3.8) is 0 Å². The van der Waals surface area contributed by atoms with Gasteiger partial charge in [-0.3, -0.25) is 14.4 Å². The van der Waals surface area contributed by atoms with Gasteiger partial charge in [-0.2, -0.15) is 0 Å². The summed E-state index contributed by atoms with van der Waals surface area (Å²) in [5, 5.41) is 47.4. The maximum atomic E-state index is 13.4. The molecular formula is C83H79ClO25. The molecule has 0 saturated carbocycles. The molecule has 1 heterocycles. The van der Waals surface area contributed by atoms with Crippen molar-refractivity contribution in [2.45, 2.75) is 6.42 Å². The highest BCUT2D eigenvalue weighted by atomic mass is 35.5. The number of benzene rings is 8. The Morgan fingerprint density at radius 3 is 1.26 bits per heavy atom. The lowest BCUT2D eigenvalue weighted by atomic mass is 9.86. The van der Waals surface area contributed by atoms with Crippen LogP contribution in [0.2, 0.25) is 0 Å². The van der Waals surface area contributed by atoms with Gasteiger partial charge < -0.3 is 91.5 Å². The minimum absolute atomic E-state index is 0.00693. The van der Waals surface area contributed by atoms with E-state index in [0.29, 0.717) is 56.8 Å². The molecular weight excluding hydrogens is 1430 g/mol. The minimum atomic E-state index is -0.572. The van der Waals surface area contributed by atoms with Gasteiger partial charge in [-0.25, -0.2) is 14.4 Å². The molecule has 10 rings (SSSR count). The Bertz CT molecular complexity index is 4750. The van der Waals surface area contributed by atoms with Crippen LogP contribution in [0.15, 0.2) is 203 Å². The van der Waals surface area contributed by atoms with Crippen molar-refractivity contribution in [2.24, 2.45) is 0 Å². The molecule has 0 bridgehead atoms. The summed E-state index contributed by atoms with van der Waals surface area (Å²) in [5.41, 5.74) is 5.35. The first-order chi connectivity index (χ1) is 52.9. The summed E-state index contributed by atoms with van der Waals surface area (Å²) in [6.45, 7) is -0.758. The Morgan fingerprint density at radius 1 is 0.413 bits per heavy atom. The molecule has 9 aromatic rings. The van der Waals surface area contributed by atoms with E-state index in [0.717, 1.165) is 28.0 Å². The molecule has 1 aromatic heterocycles. The van der Waals surface area contributed by atoms with Crippen LogP contribution < -0.4 is 52.8 Å². The van der Waals surface area contributed by atoms with E-state index in [2.05, 4.69) is 0 Å². The molecule has 0 spiro atoms. The first kappa shape index (κ1) is 81.9. The normalized spacial score (nSPS) is 11.5. The molecule has 0 amide bonds. The van der Waals surface area contributed by atoms with E-state index in [1.165, 1.54) is 54.6 Å². The van der Waals surface area contributed by atoms with Crippen molar-refractivity contribution < 1.29 is 116 Å². The second-order valence-electron chi connectivity index (χ2n) is 22.8. The fourth-order valence-corrected chi connectivity index (χ4v) is 10.2. The minimum Gasteiger partial charge on any atom is -0.507 e. The van der Waals surface area contributed by atoms with Gasteiger partial charge in [-0.05, 0) is 172 Å². The Kier molecular flexibility index (Phi) is 32.3. The van der Waals surface area contributed by atoms with Crippen LogP contribution >= 0.6 is 11.6 Å². The van der Waals surface area contributed by atoms with Gasteiger partial charge in [0.05, 0.1) is 53.8 Å². The number of hydrogen-bond donors (Lipinski definition) is 5. The average molecular weight is 1510 g/mol. The summed E-state index contributed by atoms with van der Waals surface area (Å²) >= 11 is 5.14. The Morgan fingerprint density at radius 2 is 0.798 bits per heavy atom. The number of halogens is 1. The number of esters is 3. The zero-order valence-electron chi connectivity index (χ0n) is 59.8. The summed E-state index contributed by atoms with van der Waals surface area (Å²) in [5.74, 6) is 2.23. The van der Waals surface area contributed by atoms with Gasteiger partial charge >= 0.3 is 17.9 Å². The van der Waals surface area contributed by atoms with E-state index in [4.69, 9.17) is 92.9 Å². The zero-order chi connectivity index (χ0) is 77.9. The van der Waals surface area contributed by atoms with Crippen LogP contribution in [-0.4, -0.2) is 162 Å². The van der Waals surface area contributed by atoms with Gasteiger partial charge in [-0.1, -0.05) is 60.7 Å². The van der Waals surface area contributed by atoms with Crippen molar-refractivity contribution in [1.82, 2.24) is 0 Å². The van der Waals surface area contributed by atoms with Crippen molar-refractivity contribution in [3.8, 4) is 80.3 Å². The molecule has 109 heavy (non-hydrogen) atoms. The Balaban J connectivity index is 0.000000282. The number of ether oxygens (including phenoxy) is 13. The molecule has 0 aliphatic heterocycles. The number of ketones is 1. The number of methoxy groups -OCH3 is 4. The number of aliphatic hydroxyl groups excluding tert-OH is 3. The number of rotatable bonds is 35. The number of carbonyl (C=O) groups excluding carboxylic acids is 5. The molecule has 1 aliphatic carbocycles.